The molecule has 2 aliphatic heterocycles. The quantitative estimate of drug-likeness (QED) is 0.719. The van der Waals surface area contributed by atoms with Gasteiger partial charge in [-0.15, -0.1) is 0 Å². The van der Waals surface area contributed by atoms with E-state index in [2.05, 4.69) is 4.98 Å². The van der Waals surface area contributed by atoms with Crippen molar-refractivity contribution in [3.8, 4) is 5.75 Å². The minimum absolute atomic E-state index is 0.0358. The van der Waals surface area contributed by atoms with Gasteiger partial charge in [-0.05, 0) is 30.7 Å². The van der Waals surface area contributed by atoms with E-state index in [4.69, 9.17) is 16.3 Å². The van der Waals surface area contributed by atoms with E-state index in [1.807, 2.05) is 24.1 Å². The van der Waals surface area contributed by atoms with E-state index >= 15 is 0 Å². The Hall–Kier alpha value is -2.67. The molecule has 8 heteroatoms. The van der Waals surface area contributed by atoms with Crippen LogP contribution in [0.2, 0.25) is 5.02 Å². The predicted octanol–water partition coefficient (Wildman–Crippen LogP) is 3.58. The molecule has 0 fully saturated rings. The van der Waals surface area contributed by atoms with Crippen LogP contribution in [0.25, 0.3) is 0 Å². The average molecular weight is 404 g/mol. The van der Waals surface area contributed by atoms with E-state index in [0.717, 1.165) is 12.1 Å². The van der Waals surface area contributed by atoms with Crippen molar-refractivity contribution in [1.82, 2.24) is 4.98 Å². The highest BCUT2D eigenvalue weighted by atomic mass is 35.5. The monoisotopic (exact) mass is 403 g/mol. The first kappa shape index (κ1) is 18.7. The molecular weight excluding hydrogens is 383 g/mol. The van der Waals surface area contributed by atoms with Crippen molar-refractivity contribution >= 4 is 35.4 Å². The largest absolute Gasteiger partial charge is 0.498 e. The Bertz CT molecular complexity index is 919. The molecule has 1 atom stereocenters. The molecule has 6 nitrogen and oxygen atoms in total. The van der Waals surface area contributed by atoms with Crippen molar-refractivity contribution in [1.29, 1.82) is 0 Å². The van der Waals surface area contributed by atoms with Crippen molar-refractivity contribution in [2.24, 2.45) is 0 Å². The Morgan fingerprint density at radius 1 is 1.39 bits per heavy atom. The second kappa shape index (κ2) is 7.75. The molecule has 0 radical (unpaired) electrons. The summed E-state index contributed by atoms with van der Waals surface area (Å²) in [6.45, 7) is 4.15. The van der Waals surface area contributed by atoms with E-state index < -0.39 is 0 Å². The average Bonchev–Trinajstić information content (AvgIpc) is 2.73. The van der Waals surface area contributed by atoms with E-state index in [9.17, 15) is 9.18 Å². The number of nitrogens with zero attached hydrogens (tertiary/aromatic N) is 4. The molecule has 0 bridgehead atoms. The van der Waals surface area contributed by atoms with Gasteiger partial charge in [0.05, 0.1) is 25.5 Å². The number of anilines is 2. The Labute approximate surface area is 167 Å². The van der Waals surface area contributed by atoms with Crippen LogP contribution in [0.1, 0.15) is 13.3 Å². The molecule has 0 N–H and O–H groups in total. The highest BCUT2D eigenvalue weighted by molar-refractivity contribution is 6.30. The lowest BCUT2D eigenvalue weighted by atomic mass is 10.1. The third kappa shape index (κ3) is 3.54. The van der Waals surface area contributed by atoms with Crippen molar-refractivity contribution in [3.05, 3.63) is 47.4 Å². The van der Waals surface area contributed by atoms with E-state index in [-0.39, 0.29) is 17.9 Å². The first-order valence-corrected chi connectivity index (χ1v) is 9.66. The topological polar surface area (TPSA) is 48.7 Å². The van der Waals surface area contributed by atoms with Gasteiger partial charge in [0.1, 0.15) is 30.8 Å². The molecule has 1 aromatic carbocycles. The summed E-state index contributed by atoms with van der Waals surface area (Å²) < 4.78 is 20.6. The number of rotatable bonds is 2. The van der Waals surface area contributed by atoms with E-state index in [1.54, 1.807) is 27.7 Å². The Morgan fingerprint density at radius 2 is 2.25 bits per heavy atom. The number of hydrogen-bond acceptors (Lipinski definition) is 4. The van der Waals surface area contributed by atoms with Gasteiger partial charge in [-0.1, -0.05) is 18.5 Å². The first-order chi connectivity index (χ1) is 13.6. The Kier molecular flexibility index (Phi) is 5.17. The molecule has 2 amide bonds. The van der Waals surface area contributed by atoms with Crippen molar-refractivity contribution in [2.45, 2.75) is 19.4 Å². The third-order valence-electron chi connectivity index (χ3n) is 5.07. The van der Waals surface area contributed by atoms with Gasteiger partial charge in [-0.2, -0.15) is 14.3 Å². The Balaban J connectivity index is 1.56. The minimum Gasteiger partial charge on any atom is -0.485 e. The fourth-order valence-corrected chi connectivity index (χ4v) is 3.66. The summed E-state index contributed by atoms with van der Waals surface area (Å²) in [6.07, 6.45) is 3.84. The molecule has 0 spiro atoms. The standard InChI is InChI=1S/C20H21ClFN4O2/c1-2-16-13-28-18-11-14(21)3-5-17(18)26(16)20(27)25-9-7-24(8-10-25)19-6-4-15(22)12-23-19/h3-6,9,11-12,16H,2,7-8,10,13H2,1H3/q+1. The number of pyridine rings is 1. The van der Waals surface area contributed by atoms with E-state index in [1.165, 1.54) is 12.3 Å². The number of benzene rings is 1. The van der Waals surface area contributed by atoms with Crippen LogP contribution in [0.3, 0.4) is 0 Å². The zero-order valence-electron chi connectivity index (χ0n) is 15.5. The molecule has 0 saturated heterocycles. The number of carbonyl (C=O) groups excluding carboxylic acids is 1. The van der Waals surface area contributed by atoms with Crippen LogP contribution in [0.15, 0.2) is 36.5 Å². The second-order valence-corrected chi connectivity index (χ2v) is 7.23. The van der Waals surface area contributed by atoms with Gasteiger partial charge in [-0.25, -0.2) is 9.37 Å². The summed E-state index contributed by atoms with van der Waals surface area (Å²) in [7, 11) is 0. The molecule has 4 rings (SSSR count). The number of halogens is 2. The molecule has 0 saturated carbocycles. The maximum Gasteiger partial charge on any atom is 0.498 e. The van der Waals surface area contributed by atoms with Crippen molar-refractivity contribution in [3.63, 3.8) is 0 Å². The Morgan fingerprint density at radius 3 is 2.93 bits per heavy atom. The highest BCUT2D eigenvalue weighted by Crippen LogP contribution is 2.37. The van der Waals surface area contributed by atoms with Crippen LogP contribution >= 0.6 is 11.6 Å². The lowest BCUT2D eigenvalue weighted by Gasteiger charge is -2.32. The molecule has 2 aliphatic rings. The molecule has 2 aromatic rings. The van der Waals surface area contributed by atoms with Gasteiger partial charge in [0.25, 0.3) is 0 Å². The lowest BCUT2D eigenvalue weighted by Crippen LogP contribution is -2.53. The van der Waals surface area contributed by atoms with Gasteiger partial charge in [0.2, 0.25) is 0 Å². The summed E-state index contributed by atoms with van der Waals surface area (Å²) in [5.41, 5.74) is 0.739. The van der Waals surface area contributed by atoms with Crippen molar-refractivity contribution in [2.75, 3.05) is 36.0 Å². The lowest BCUT2D eigenvalue weighted by molar-refractivity contribution is -0.422. The van der Waals surface area contributed by atoms with Crippen LogP contribution in [0, 0.1) is 5.82 Å². The number of fused-ring (bicyclic) bond motifs is 1. The maximum absolute atomic E-state index is 13.3. The first-order valence-electron chi connectivity index (χ1n) is 9.29. The molecular formula is C20H21ClFN4O2+. The van der Waals surface area contributed by atoms with Crippen LogP contribution < -0.4 is 14.5 Å². The second-order valence-electron chi connectivity index (χ2n) is 6.79. The minimum atomic E-state index is -0.363. The van der Waals surface area contributed by atoms with Gasteiger partial charge in [-0.3, -0.25) is 0 Å². The van der Waals surface area contributed by atoms with Gasteiger partial charge >= 0.3 is 6.03 Å². The van der Waals surface area contributed by atoms with Crippen LogP contribution in [-0.2, 0) is 0 Å². The van der Waals surface area contributed by atoms with Gasteiger partial charge < -0.3 is 9.64 Å². The number of aromatic nitrogens is 1. The maximum atomic E-state index is 13.3. The van der Waals surface area contributed by atoms with E-state index in [0.29, 0.717) is 42.8 Å². The molecule has 28 heavy (non-hydrogen) atoms. The zero-order chi connectivity index (χ0) is 19.7. The number of carbonyl (C=O) groups is 1. The SMILES string of the molecule is CCC1COc2cc(Cl)ccc2N1C(=O)[N+]1=CCN(c2ccc(F)cn2)CC1. The summed E-state index contributed by atoms with van der Waals surface area (Å²) >= 11 is 6.07. The molecule has 146 valence electrons. The summed E-state index contributed by atoms with van der Waals surface area (Å²) in [4.78, 5) is 21.2. The molecule has 1 aromatic heterocycles. The normalized spacial score (nSPS) is 19.0. The van der Waals surface area contributed by atoms with Crippen molar-refractivity contribution < 1.29 is 18.5 Å². The van der Waals surface area contributed by atoms with Gasteiger partial charge in [0.15, 0.2) is 11.4 Å². The number of amides is 2. The molecule has 1 unspecified atom stereocenters. The number of urea groups is 1. The number of hydrogen-bond donors (Lipinski definition) is 0. The predicted molar refractivity (Wildman–Crippen MR) is 107 cm³/mol. The van der Waals surface area contributed by atoms with Crippen LogP contribution in [0.5, 0.6) is 5.75 Å². The fraction of sp³-hybridized carbons (Fsp3) is 0.350. The molecule has 3 heterocycles. The number of ether oxygens (including phenoxy) is 1. The smallest absolute Gasteiger partial charge is 0.485 e. The third-order valence-corrected chi connectivity index (χ3v) is 5.30. The highest BCUT2D eigenvalue weighted by Gasteiger charge is 2.41. The fourth-order valence-electron chi connectivity index (χ4n) is 3.50. The van der Waals surface area contributed by atoms with Crippen LogP contribution in [0.4, 0.5) is 20.7 Å². The summed E-state index contributed by atoms with van der Waals surface area (Å²) in [5, 5.41) is 0.577. The summed E-state index contributed by atoms with van der Waals surface area (Å²) in [5.74, 6) is 0.959. The zero-order valence-corrected chi connectivity index (χ0v) is 16.3. The molecule has 0 aliphatic carbocycles. The van der Waals surface area contributed by atoms with Gasteiger partial charge in [0, 0.05) is 11.1 Å². The summed E-state index contributed by atoms with van der Waals surface area (Å²) in [6, 6.07) is 8.26. The van der Waals surface area contributed by atoms with Crippen LogP contribution in [-0.4, -0.2) is 54.1 Å².